The highest BCUT2D eigenvalue weighted by Crippen LogP contribution is 2.32. The third kappa shape index (κ3) is 3.99. The lowest BCUT2D eigenvalue weighted by atomic mass is 10.0. The van der Waals surface area contributed by atoms with Gasteiger partial charge in [-0.05, 0) is 49.9 Å². The zero-order chi connectivity index (χ0) is 22.9. The molecule has 2 aliphatic rings. The predicted molar refractivity (Wildman–Crippen MR) is 127 cm³/mol. The summed E-state index contributed by atoms with van der Waals surface area (Å²) in [6, 6.07) is 14.5. The highest BCUT2D eigenvalue weighted by Gasteiger charge is 2.26. The van der Waals surface area contributed by atoms with E-state index in [1.807, 2.05) is 48.2 Å². The molecular weight excluding hydrogens is 418 g/mol. The molecule has 1 fully saturated rings. The van der Waals surface area contributed by atoms with Gasteiger partial charge < -0.3 is 14.5 Å². The fourth-order valence-corrected chi connectivity index (χ4v) is 4.75. The maximum Gasteiger partial charge on any atom is 0.254 e. The Bertz CT molecular complexity index is 1290. The van der Waals surface area contributed by atoms with Gasteiger partial charge in [-0.25, -0.2) is 0 Å². The molecule has 0 radical (unpaired) electrons. The Labute approximate surface area is 192 Å². The zero-order valence-corrected chi connectivity index (χ0v) is 18.8. The van der Waals surface area contributed by atoms with E-state index in [1.165, 1.54) is 10.6 Å². The van der Waals surface area contributed by atoms with Gasteiger partial charge in [-0.1, -0.05) is 24.3 Å². The number of aryl methyl sites for hydroxylation is 1. The normalized spacial score (nSPS) is 15.8. The number of pyridine rings is 1. The molecular formula is C26H27N3O4. The van der Waals surface area contributed by atoms with Crippen molar-refractivity contribution < 1.29 is 14.3 Å². The average molecular weight is 446 g/mol. The van der Waals surface area contributed by atoms with Crippen LogP contribution in [0.2, 0.25) is 0 Å². The first-order chi connectivity index (χ1) is 16.0. The van der Waals surface area contributed by atoms with Gasteiger partial charge in [-0.3, -0.25) is 19.0 Å². The van der Waals surface area contributed by atoms with Crippen molar-refractivity contribution in [3.8, 4) is 5.75 Å². The summed E-state index contributed by atoms with van der Waals surface area (Å²) >= 11 is 0. The maximum atomic E-state index is 13.3. The minimum atomic E-state index is -0.347. The number of fused-ring (bicyclic) bond motifs is 2. The molecule has 2 aromatic carbocycles. The summed E-state index contributed by atoms with van der Waals surface area (Å²) in [6.07, 6.45) is 3.09. The number of carbonyl (C=O) groups is 2. The molecule has 7 heteroatoms. The molecule has 0 spiro atoms. The third-order valence-electron chi connectivity index (χ3n) is 6.46. The molecule has 3 aromatic rings. The second-order valence-corrected chi connectivity index (χ2v) is 8.72. The Morgan fingerprint density at radius 1 is 0.970 bits per heavy atom. The summed E-state index contributed by atoms with van der Waals surface area (Å²) < 4.78 is 7.17. The van der Waals surface area contributed by atoms with Crippen LogP contribution in [0, 0.1) is 6.92 Å². The molecule has 170 valence electrons. The van der Waals surface area contributed by atoms with E-state index < -0.39 is 0 Å². The van der Waals surface area contributed by atoms with E-state index in [0.29, 0.717) is 48.5 Å². The number of para-hydroxylation sites is 1. The standard InChI is InChI=1S/C26H27N3O4/c1-18-9-10-23-22(15-18)28(13-14-33-23)25(31)17-29-21-8-4-3-7-19(21)20(16-24(29)30)26(32)27-11-5-2-6-12-27/h3-4,7-10,15-16H,2,5-6,11-14,17H2,1H3. The lowest BCUT2D eigenvalue weighted by Crippen LogP contribution is -2.41. The number of hydrogen-bond donors (Lipinski definition) is 0. The number of hydrogen-bond acceptors (Lipinski definition) is 4. The first kappa shape index (κ1) is 21.2. The van der Waals surface area contributed by atoms with Crippen molar-refractivity contribution in [3.05, 3.63) is 70.0 Å². The second kappa shape index (κ2) is 8.73. The van der Waals surface area contributed by atoms with Gasteiger partial charge in [0.15, 0.2) is 0 Å². The van der Waals surface area contributed by atoms with Crippen molar-refractivity contribution >= 4 is 28.4 Å². The van der Waals surface area contributed by atoms with Crippen molar-refractivity contribution in [1.29, 1.82) is 0 Å². The van der Waals surface area contributed by atoms with Gasteiger partial charge in [0.25, 0.3) is 11.5 Å². The van der Waals surface area contributed by atoms with Crippen LogP contribution in [0.25, 0.3) is 10.9 Å². The van der Waals surface area contributed by atoms with Crippen molar-refractivity contribution in [2.24, 2.45) is 0 Å². The van der Waals surface area contributed by atoms with E-state index in [0.717, 1.165) is 30.5 Å². The van der Waals surface area contributed by atoms with Crippen molar-refractivity contribution in [1.82, 2.24) is 9.47 Å². The van der Waals surface area contributed by atoms with Crippen LogP contribution < -0.4 is 15.2 Å². The van der Waals surface area contributed by atoms with Crippen LogP contribution in [0.4, 0.5) is 5.69 Å². The van der Waals surface area contributed by atoms with Gasteiger partial charge in [0.2, 0.25) is 5.91 Å². The van der Waals surface area contributed by atoms with E-state index in [4.69, 9.17) is 4.74 Å². The average Bonchev–Trinajstić information content (AvgIpc) is 2.85. The fraction of sp³-hybridized carbons (Fsp3) is 0.346. The van der Waals surface area contributed by atoms with Gasteiger partial charge in [0.1, 0.15) is 18.9 Å². The second-order valence-electron chi connectivity index (χ2n) is 8.72. The summed E-state index contributed by atoms with van der Waals surface area (Å²) in [5.74, 6) is 0.367. The van der Waals surface area contributed by atoms with Gasteiger partial charge in [-0.15, -0.1) is 0 Å². The van der Waals surface area contributed by atoms with Gasteiger partial charge in [0.05, 0.1) is 23.3 Å². The van der Waals surface area contributed by atoms with Crippen LogP contribution in [0.1, 0.15) is 35.2 Å². The van der Waals surface area contributed by atoms with Crippen molar-refractivity contribution in [2.45, 2.75) is 32.7 Å². The molecule has 0 saturated carbocycles. The molecule has 1 aromatic heterocycles. The number of aromatic nitrogens is 1. The molecule has 3 heterocycles. The molecule has 1 saturated heterocycles. The maximum absolute atomic E-state index is 13.3. The summed E-state index contributed by atoms with van der Waals surface area (Å²) in [6.45, 7) is 4.11. The van der Waals surface area contributed by atoms with Gasteiger partial charge in [-0.2, -0.15) is 0 Å². The van der Waals surface area contributed by atoms with E-state index in [2.05, 4.69) is 0 Å². The summed E-state index contributed by atoms with van der Waals surface area (Å²) in [5, 5.41) is 0.693. The number of anilines is 1. The van der Waals surface area contributed by atoms with Crippen molar-refractivity contribution in [3.63, 3.8) is 0 Å². The van der Waals surface area contributed by atoms with Gasteiger partial charge in [0, 0.05) is 24.5 Å². The van der Waals surface area contributed by atoms with E-state index >= 15 is 0 Å². The van der Waals surface area contributed by atoms with Crippen LogP contribution >= 0.6 is 0 Å². The Morgan fingerprint density at radius 3 is 2.58 bits per heavy atom. The van der Waals surface area contributed by atoms with Gasteiger partial charge >= 0.3 is 0 Å². The Morgan fingerprint density at radius 2 is 1.76 bits per heavy atom. The number of ether oxygens (including phenoxy) is 1. The predicted octanol–water partition coefficient (Wildman–Crippen LogP) is 3.36. The van der Waals surface area contributed by atoms with Crippen LogP contribution in [-0.2, 0) is 11.3 Å². The lowest BCUT2D eigenvalue weighted by molar-refractivity contribution is -0.119. The largest absolute Gasteiger partial charge is 0.490 e. The van der Waals surface area contributed by atoms with Crippen LogP contribution in [-0.4, -0.2) is 47.5 Å². The molecule has 5 rings (SSSR count). The Balaban J connectivity index is 1.51. The molecule has 2 aliphatic heterocycles. The first-order valence-electron chi connectivity index (χ1n) is 11.5. The minimum absolute atomic E-state index is 0.106. The minimum Gasteiger partial charge on any atom is -0.490 e. The number of amides is 2. The monoisotopic (exact) mass is 445 g/mol. The summed E-state index contributed by atoms with van der Waals surface area (Å²) in [7, 11) is 0. The number of nitrogens with zero attached hydrogens (tertiary/aromatic N) is 3. The van der Waals surface area contributed by atoms with Crippen LogP contribution in [0.15, 0.2) is 53.3 Å². The molecule has 0 aliphatic carbocycles. The van der Waals surface area contributed by atoms with E-state index in [9.17, 15) is 14.4 Å². The number of piperidine rings is 1. The molecule has 2 amide bonds. The molecule has 0 atom stereocenters. The number of rotatable bonds is 3. The van der Waals surface area contributed by atoms with Crippen LogP contribution in [0.3, 0.4) is 0 Å². The molecule has 7 nitrogen and oxygen atoms in total. The summed E-state index contributed by atoms with van der Waals surface area (Å²) in [5.41, 5.74) is 2.41. The first-order valence-corrected chi connectivity index (χ1v) is 11.5. The fourth-order valence-electron chi connectivity index (χ4n) is 4.75. The molecule has 0 unspecified atom stereocenters. The molecule has 33 heavy (non-hydrogen) atoms. The number of carbonyl (C=O) groups excluding carboxylic acids is 2. The van der Waals surface area contributed by atoms with Crippen LogP contribution in [0.5, 0.6) is 5.75 Å². The third-order valence-corrected chi connectivity index (χ3v) is 6.46. The lowest BCUT2D eigenvalue weighted by Gasteiger charge is -2.30. The van der Waals surface area contributed by atoms with E-state index in [-0.39, 0.29) is 23.9 Å². The SMILES string of the molecule is Cc1ccc2c(c1)N(C(=O)Cn1c(=O)cc(C(=O)N3CCCCC3)c3ccccc31)CCO2. The topological polar surface area (TPSA) is 71.9 Å². The smallest absolute Gasteiger partial charge is 0.254 e. The summed E-state index contributed by atoms with van der Waals surface area (Å²) in [4.78, 5) is 43.2. The number of likely N-dealkylation sites (tertiary alicyclic amines) is 1. The quantitative estimate of drug-likeness (QED) is 0.620. The van der Waals surface area contributed by atoms with Crippen molar-refractivity contribution in [2.75, 3.05) is 31.1 Å². The Hall–Kier alpha value is -3.61. The van der Waals surface area contributed by atoms with E-state index in [1.54, 1.807) is 11.0 Å². The Kier molecular flexibility index (Phi) is 5.62. The molecule has 0 N–H and O–H groups in total. The molecule has 0 bridgehead atoms. The number of benzene rings is 2. The zero-order valence-electron chi connectivity index (χ0n) is 18.8. The highest BCUT2D eigenvalue weighted by molar-refractivity contribution is 6.06. The highest BCUT2D eigenvalue weighted by atomic mass is 16.5.